The molecule has 1 heterocycles. The van der Waals surface area contributed by atoms with E-state index in [0.29, 0.717) is 11.0 Å². The van der Waals surface area contributed by atoms with Crippen molar-refractivity contribution < 1.29 is 9.13 Å². The van der Waals surface area contributed by atoms with Crippen molar-refractivity contribution in [2.24, 2.45) is 0 Å². The standard InChI is InChI=1S/C13H14BrFN2O/c14-11-6-9(3-4-12(11)15)13(7-16)17-8-10-2-1-5-18-10/h3-4,6,10,13,17H,1-2,5,8H2. The molecule has 1 saturated heterocycles. The Balaban J connectivity index is 1.99. The monoisotopic (exact) mass is 312 g/mol. The van der Waals surface area contributed by atoms with Crippen LogP contribution >= 0.6 is 15.9 Å². The zero-order chi connectivity index (χ0) is 13.0. The second-order valence-electron chi connectivity index (χ2n) is 4.28. The zero-order valence-electron chi connectivity index (χ0n) is 9.83. The van der Waals surface area contributed by atoms with Crippen LogP contribution < -0.4 is 5.32 Å². The Morgan fingerprint density at radius 2 is 2.44 bits per heavy atom. The molecular weight excluding hydrogens is 299 g/mol. The van der Waals surface area contributed by atoms with E-state index in [2.05, 4.69) is 27.3 Å². The lowest BCUT2D eigenvalue weighted by molar-refractivity contribution is 0.109. The van der Waals surface area contributed by atoms with Gasteiger partial charge in [-0.2, -0.15) is 5.26 Å². The summed E-state index contributed by atoms with van der Waals surface area (Å²) < 4.78 is 19.0. The van der Waals surface area contributed by atoms with Crippen molar-refractivity contribution in [1.29, 1.82) is 5.26 Å². The number of nitrogens with zero attached hydrogens (tertiary/aromatic N) is 1. The molecule has 1 fully saturated rings. The summed E-state index contributed by atoms with van der Waals surface area (Å²) in [7, 11) is 0. The van der Waals surface area contributed by atoms with Crippen molar-refractivity contribution in [3.8, 4) is 6.07 Å². The first-order valence-corrected chi connectivity index (χ1v) is 6.69. The minimum absolute atomic E-state index is 0.185. The molecule has 1 aliphatic rings. The molecule has 96 valence electrons. The van der Waals surface area contributed by atoms with Crippen molar-refractivity contribution in [3.05, 3.63) is 34.1 Å². The van der Waals surface area contributed by atoms with Crippen LogP contribution in [-0.2, 0) is 4.74 Å². The second-order valence-corrected chi connectivity index (χ2v) is 5.13. The molecule has 0 amide bonds. The van der Waals surface area contributed by atoms with E-state index in [0.717, 1.165) is 25.0 Å². The fourth-order valence-electron chi connectivity index (χ4n) is 1.98. The molecule has 1 aliphatic heterocycles. The molecule has 18 heavy (non-hydrogen) atoms. The Morgan fingerprint density at radius 3 is 3.06 bits per heavy atom. The number of benzene rings is 1. The highest BCUT2D eigenvalue weighted by Crippen LogP contribution is 2.21. The number of hydrogen-bond acceptors (Lipinski definition) is 3. The van der Waals surface area contributed by atoms with E-state index < -0.39 is 6.04 Å². The van der Waals surface area contributed by atoms with Gasteiger partial charge in [-0.25, -0.2) is 4.39 Å². The van der Waals surface area contributed by atoms with E-state index >= 15 is 0 Å². The van der Waals surface area contributed by atoms with Gasteiger partial charge >= 0.3 is 0 Å². The van der Waals surface area contributed by atoms with Crippen LogP contribution in [0.15, 0.2) is 22.7 Å². The second kappa shape index (κ2) is 6.28. The lowest BCUT2D eigenvalue weighted by atomic mass is 10.1. The highest BCUT2D eigenvalue weighted by molar-refractivity contribution is 9.10. The Kier molecular flexibility index (Phi) is 4.70. The molecule has 0 aliphatic carbocycles. The molecule has 1 N–H and O–H groups in total. The lowest BCUT2D eigenvalue weighted by Crippen LogP contribution is -2.29. The summed E-state index contributed by atoms with van der Waals surface area (Å²) >= 11 is 3.12. The van der Waals surface area contributed by atoms with Crippen molar-refractivity contribution in [1.82, 2.24) is 5.32 Å². The third-order valence-electron chi connectivity index (χ3n) is 2.98. The van der Waals surface area contributed by atoms with Gasteiger partial charge < -0.3 is 4.74 Å². The number of nitriles is 1. The Labute approximate surface area is 114 Å². The van der Waals surface area contributed by atoms with Gasteiger partial charge in [-0.3, -0.25) is 5.32 Å². The van der Waals surface area contributed by atoms with Gasteiger partial charge in [0.05, 0.1) is 16.6 Å². The molecule has 0 saturated carbocycles. The minimum Gasteiger partial charge on any atom is -0.377 e. The molecule has 0 bridgehead atoms. The summed E-state index contributed by atoms with van der Waals surface area (Å²) in [5, 5.41) is 12.3. The summed E-state index contributed by atoms with van der Waals surface area (Å²) in [5.41, 5.74) is 0.753. The number of halogens is 2. The van der Waals surface area contributed by atoms with Crippen molar-refractivity contribution in [2.75, 3.05) is 13.2 Å². The van der Waals surface area contributed by atoms with E-state index in [4.69, 9.17) is 10.00 Å². The van der Waals surface area contributed by atoms with Crippen molar-refractivity contribution >= 4 is 15.9 Å². The van der Waals surface area contributed by atoms with E-state index in [-0.39, 0.29) is 11.9 Å². The van der Waals surface area contributed by atoms with Crippen LogP contribution in [0, 0.1) is 17.1 Å². The Morgan fingerprint density at radius 1 is 1.61 bits per heavy atom. The first-order chi connectivity index (χ1) is 8.70. The lowest BCUT2D eigenvalue weighted by Gasteiger charge is -2.15. The van der Waals surface area contributed by atoms with Crippen LogP contribution in [0.1, 0.15) is 24.4 Å². The van der Waals surface area contributed by atoms with Crippen LogP contribution in [0.5, 0.6) is 0 Å². The third kappa shape index (κ3) is 3.29. The van der Waals surface area contributed by atoms with Crippen LogP contribution in [0.4, 0.5) is 4.39 Å². The third-order valence-corrected chi connectivity index (χ3v) is 3.59. The Bertz CT molecular complexity index is 455. The van der Waals surface area contributed by atoms with E-state index in [1.54, 1.807) is 12.1 Å². The molecule has 5 heteroatoms. The van der Waals surface area contributed by atoms with Gasteiger partial charge in [0.25, 0.3) is 0 Å². The first kappa shape index (κ1) is 13.5. The molecule has 0 spiro atoms. The summed E-state index contributed by atoms with van der Waals surface area (Å²) in [6.45, 7) is 1.44. The van der Waals surface area contributed by atoms with E-state index in [1.165, 1.54) is 6.07 Å². The van der Waals surface area contributed by atoms with E-state index in [9.17, 15) is 4.39 Å². The summed E-state index contributed by atoms with van der Waals surface area (Å²) in [5.74, 6) is -0.324. The predicted octanol–water partition coefficient (Wildman–Crippen LogP) is 2.92. The van der Waals surface area contributed by atoms with Gasteiger partial charge in [0.2, 0.25) is 0 Å². The SMILES string of the molecule is N#CC(NCC1CCCO1)c1ccc(F)c(Br)c1. The normalized spacial score (nSPS) is 20.6. The van der Waals surface area contributed by atoms with Crippen molar-refractivity contribution in [3.63, 3.8) is 0 Å². The maximum absolute atomic E-state index is 13.1. The maximum Gasteiger partial charge on any atom is 0.137 e. The average Bonchev–Trinajstić information content (AvgIpc) is 2.87. The van der Waals surface area contributed by atoms with Crippen LogP contribution in [-0.4, -0.2) is 19.3 Å². The number of ether oxygens (including phenoxy) is 1. The van der Waals surface area contributed by atoms with Crippen LogP contribution in [0.3, 0.4) is 0 Å². The van der Waals surface area contributed by atoms with Gasteiger partial charge in [-0.15, -0.1) is 0 Å². The molecule has 0 aromatic heterocycles. The highest BCUT2D eigenvalue weighted by Gasteiger charge is 2.18. The molecule has 2 rings (SSSR count). The molecule has 0 radical (unpaired) electrons. The maximum atomic E-state index is 13.1. The fourth-order valence-corrected chi connectivity index (χ4v) is 2.38. The quantitative estimate of drug-likeness (QED) is 0.929. The average molecular weight is 313 g/mol. The number of hydrogen-bond donors (Lipinski definition) is 1. The first-order valence-electron chi connectivity index (χ1n) is 5.90. The smallest absolute Gasteiger partial charge is 0.137 e. The largest absolute Gasteiger partial charge is 0.377 e. The van der Waals surface area contributed by atoms with Crippen molar-refractivity contribution in [2.45, 2.75) is 25.0 Å². The van der Waals surface area contributed by atoms with Gasteiger partial charge in [-0.05, 0) is 46.5 Å². The molecular formula is C13H14BrFN2O. The zero-order valence-corrected chi connectivity index (χ0v) is 11.4. The molecule has 2 unspecified atom stereocenters. The summed E-state index contributed by atoms with van der Waals surface area (Å²) in [6, 6.07) is 6.35. The van der Waals surface area contributed by atoms with Gasteiger partial charge in [0.15, 0.2) is 0 Å². The molecule has 3 nitrogen and oxygen atoms in total. The summed E-state index contributed by atoms with van der Waals surface area (Å²) in [4.78, 5) is 0. The highest BCUT2D eigenvalue weighted by atomic mass is 79.9. The summed E-state index contributed by atoms with van der Waals surface area (Å²) in [6.07, 6.45) is 2.29. The van der Waals surface area contributed by atoms with E-state index in [1.807, 2.05) is 0 Å². The van der Waals surface area contributed by atoms with Gasteiger partial charge in [0.1, 0.15) is 11.9 Å². The van der Waals surface area contributed by atoms with Gasteiger partial charge in [-0.1, -0.05) is 6.07 Å². The minimum atomic E-state index is -0.439. The fraction of sp³-hybridized carbons (Fsp3) is 0.462. The van der Waals surface area contributed by atoms with Gasteiger partial charge in [0, 0.05) is 13.2 Å². The number of nitrogens with one attached hydrogen (secondary N) is 1. The molecule has 2 atom stereocenters. The van der Waals surface area contributed by atoms with Crippen LogP contribution in [0.25, 0.3) is 0 Å². The van der Waals surface area contributed by atoms with Crippen LogP contribution in [0.2, 0.25) is 0 Å². The topological polar surface area (TPSA) is 45.0 Å². The number of rotatable bonds is 4. The predicted molar refractivity (Wildman–Crippen MR) is 69.4 cm³/mol. The Hall–Kier alpha value is -0.960. The molecule has 1 aromatic carbocycles. The molecule has 1 aromatic rings.